The number of nitrogens with zero attached hydrogens (tertiary/aromatic N) is 3. The first-order chi connectivity index (χ1) is 12.2. The lowest BCUT2D eigenvalue weighted by atomic mass is 10.0. The van der Waals surface area contributed by atoms with Crippen LogP contribution < -0.4 is 9.75 Å². The van der Waals surface area contributed by atoms with Gasteiger partial charge >= 0.3 is 0 Å². The van der Waals surface area contributed by atoms with Crippen molar-refractivity contribution in [2.75, 3.05) is 12.1 Å². The fraction of sp³-hybridized carbons (Fsp3) is 0.333. The van der Waals surface area contributed by atoms with E-state index < -0.39 is 0 Å². The Kier molecular flexibility index (Phi) is 5.35. The van der Waals surface area contributed by atoms with Crippen LogP contribution in [0.5, 0.6) is 5.75 Å². The number of ether oxygens (including phenoxy) is 1. The fourth-order valence-corrected chi connectivity index (χ4v) is 3.23. The molecule has 0 spiro atoms. The Morgan fingerprint density at radius 3 is 2.48 bits per heavy atom. The van der Waals surface area contributed by atoms with Crippen molar-refractivity contribution in [1.29, 1.82) is 5.26 Å². The van der Waals surface area contributed by atoms with Crippen molar-refractivity contribution in [2.45, 2.75) is 38.6 Å². The third-order valence-electron chi connectivity index (χ3n) is 4.52. The number of benzene rings is 2. The molecule has 1 unspecified atom stereocenters. The molecule has 4 nitrogen and oxygen atoms in total. The van der Waals surface area contributed by atoms with Gasteiger partial charge in [-0.2, -0.15) is 10.4 Å². The summed E-state index contributed by atoms with van der Waals surface area (Å²) in [6.07, 6.45) is 4.07. The Balaban J connectivity index is 1.78. The van der Waals surface area contributed by atoms with E-state index in [9.17, 15) is 0 Å². The zero-order valence-corrected chi connectivity index (χ0v) is 14.8. The van der Waals surface area contributed by atoms with Gasteiger partial charge in [0.1, 0.15) is 5.75 Å². The lowest BCUT2D eigenvalue weighted by molar-refractivity contribution is 0.414. The van der Waals surface area contributed by atoms with Gasteiger partial charge < -0.3 is 4.74 Å². The molecule has 2 aromatic rings. The fourth-order valence-electron chi connectivity index (χ4n) is 3.23. The number of methoxy groups -OCH3 is 1. The first-order valence-electron chi connectivity index (χ1n) is 8.72. The normalized spacial score (nSPS) is 16.4. The van der Waals surface area contributed by atoms with E-state index in [0.717, 1.165) is 37.1 Å². The summed E-state index contributed by atoms with van der Waals surface area (Å²) in [6, 6.07) is 18.4. The van der Waals surface area contributed by atoms with Gasteiger partial charge in [-0.25, -0.2) is 0 Å². The topological polar surface area (TPSA) is 48.6 Å². The van der Waals surface area contributed by atoms with Crippen LogP contribution in [-0.4, -0.2) is 18.9 Å². The largest absolute Gasteiger partial charge is 0.497 e. The SMILES string of the molecule is CCCC1CC(Cc2ccc(C#N)cc2)=NN1c1ccc(OC)cc1. The van der Waals surface area contributed by atoms with Crippen LogP contribution in [0.2, 0.25) is 0 Å². The maximum Gasteiger partial charge on any atom is 0.119 e. The molecular formula is C21H23N3O. The average molecular weight is 333 g/mol. The van der Waals surface area contributed by atoms with Gasteiger partial charge in [-0.3, -0.25) is 5.01 Å². The molecule has 1 atom stereocenters. The molecule has 0 radical (unpaired) electrons. The summed E-state index contributed by atoms with van der Waals surface area (Å²) in [5, 5.41) is 16.0. The molecular weight excluding hydrogens is 310 g/mol. The van der Waals surface area contributed by atoms with Gasteiger partial charge in [0.15, 0.2) is 0 Å². The maximum absolute atomic E-state index is 8.92. The van der Waals surface area contributed by atoms with E-state index in [2.05, 4.69) is 30.1 Å². The van der Waals surface area contributed by atoms with Gasteiger partial charge in [-0.15, -0.1) is 0 Å². The summed E-state index contributed by atoms with van der Waals surface area (Å²) in [4.78, 5) is 0. The van der Waals surface area contributed by atoms with E-state index in [1.54, 1.807) is 7.11 Å². The van der Waals surface area contributed by atoms with Crippen LogP contribution in [0, 0.1) is 11.3 Å². The Morgan fingerprint density at radius 1 is 1.16 bits per heavy atom. The molecule has 1 aliphatic heterocycles. The molecule has 1 aliphatic rings. The molecule has 1 heterocycles. The highest BCUT2D eigenvalue weighted by atomic mass is 16.5. The van der Waals surface area contributed by atoms with E-state index >= 15 is 0 Å². The monoisotopic (exact) mass is 333 g/mol. The molecule has 128 valence electrons. The number of rotatable bonds is 6. The van der Waals surface area contributed by atoms with Gasteiger partial charge in [0, 0.05) is 18.6 Å². The summed E-state index contributed by atoms with van der Waals surface area (Å²) in [6.45, 7) is 2.21. The van der Waals surface area contributed by atoms with E-state index in [0.29, 0.717) is 11.6 Å². The minimum absolute atomic E-state index is 0.409. The molecule has 0 N–H and O–H groups in total. The molecule has 2 aromatic carbocycles. The summed E-state index contributed by atoms with van der Waals surface area (Å²) in [5.41, 5.74) is 4.19. The van der Waals surface area contributed by atoms with Crippen LogP contribution in [0.4, 0.5) is 5.69 Å². The van der Waals surface area contributed by atoms with Crippen LogP contribution in [0.3, 0.4) is 0 Å². The van der Waals surface area contributed by atoms with Gasteiger partial charge in [-0.05, 0) is 48.4 Å². The molecule has 0 saturated carbocycles. The van der Waals surface area contributed by atoms with Crippen molar-refractivity contribution in [3.8, 4) is 11.8 Å². The number of hydrogen-bond donors (Lipinski definition) is 0. The van der Waals surface area contributed by atoms with Gasteiger partial charge in [0.25, 0.3) is 0 Å². The minimum atomic E-state index is 0.409. The van der Waals surface area contributed by atoms with Crippen LogP contribution in [0.1, 0.15) is 37.3 Å². The smallest absolute Gasteiger partial charge is 0.119 e. The van der Waals surface area contributed by atoms with Crippen molar-refractivity contribution in [1.82, 2.24) is 0 Å². The Morgan fingerprint density at radius 2 is 1.88 bits per heavy atom. The van der Waals surface area contributed by atoms with Crippen molar-refractivity contribution >= 4 is 11.4 Å². The van der Waals surface area contributed by atoms with Crippen LogP contribution in [-0.2, 0) is 6.42 Å². The predicted molar refractivity (Wildman–Crippen MR) is 101 cm³/mol. The predicted octanol–water partition coefficient (Wildman–Crippen LogP) is 4.54. The van der Waals surface area contributed by atoms with Crippen LogP contribution >= 0.6 is 0 Å². The Hall–Kier alpha value is -2.80. The summed E-state index contributed by atoms with van der Waals surface area (Å²) < 4.78 is 5.25. The highest BCUT2D eigenvalue weighted by Gasteiger charge is 2.26. The minimum Gasteiger partial charge on any atom is -0.497 e. The van der Waals surface area contributed by atoms with E-state index in [4.69, 9.17) is 15.1 Å². The summed E-state index contributed by atoms with van der Waals surface area (Å²) >= 11 is 0. The third-order valence-corrected chi connectivity index (χ3v) is 4.52. The first-order valence-corrected chi connectivity index (χ1v) is 8.72. The lowest BCUT2D eigenvalue weighted by Gasteiger charge is -2.23. The lowest BCUT2D eigenvalue weighted by Crippen LogP contribution is -2.26. The van der Waals surface area contributed by atoms with Gasteiger partial charge in [0.05, 0.1) is 30.5 Å². The molecule has 0 aliphatic carbocycles. The molecule has 0 saturated heterocycles. The van der Waals surface area contributed by atoms with Crippen molar-refractivity contribution in [2.24, 2.45) is 5.10 Å². The summed E-state index contributed by atoms with van der Waals surface area (Å²) in [7, 11) is 1.68. The van der Waals surface area contributed by atoms with Crippen LogP contribution in [0.15, 0.2) is 53.6 Å². The quantitative estimate of drug-likeness (QED) is 0.779. The van der Waals surface area contributed by atoms with E-state index in [1.807, 2.05) is 36.4 Å². The average Bonchev–Trinajstić information content (AvgIpc) is 3.05. The zero-order chi connectivity index (χ0) is 17.6. The second kappa shape index (κ2) is 7.85. The second-order valence-corrected chi connectivity index (χ2v) is 6.34. The number of anilines is 1. The number of nitriles is 1. The number of hydrazone groups is 1. The Bertz CT molecular complexity index is 772. The van der Waals surface area contributed by atoms with Crippen LogP contribution in [0.25, 0.3) is 0 Å². The van der Waals surface area contributed by atoms with E-state index in [-0.39, 0.29) is 0 Å². The van der Waals surface area contributed by atoms with E-state index in [1.165, 1.54) is 11.3 Å². The molecule has 0 bridgehead atoms. The maximum atomic E-state index is 8.92. The molecule has 0 amide bonds. The third kappa shape index (κ3) is 4.00. The summed E-state index contributed by atoms with van der Waals surface area (Å²) in [5.74, 6) is 0.858. The Labute approximate surface area is 149 Å². The van der Waals surface area contributed by atoms with Gasteiger partial charge in [-0.1, -0.05) is 25.5 Å². The molecule has 4 heteroatoms. The standard InChI is InChI=1S/C21H23N3O/c1-3-4-20-14-18(13-16-5-7-17(15-22)8-6-16)23-24(20)19-9-11-21(25-2)12-10-19/h5-12,20H,3-4,13-14H2,1-2H3. The van der Waals surface area contributed by atoms with Gasteiger partial charge in [0.2, 0.25) is 0 Å². The van der Waals surface area contributed by atoms with Crippen molar-refractivity contribution in [3.63, 3.8) is 0 Å². The zero-order valence-electron chi connectivity index (χ0n) is 14.8. The molecule has 0 aromatic heterocycles. The van der Waals surface area contributed by atoms with Crippen molar-refractivity contribution in [3.05, 3.63) is 59.7 Å². The highest BCUT2D eigenvalue weighted by Crippen LogP contribution is 2.29. The molecule has 0 fully saturated rings. The highest BCUT2D eigenvalue weighted by molar-refractivity contribution is 5.90. The van der Waals surface area contributed by atoms with Crippen molar-refractivity contribution < 1.29 is 4.74 Å². The number of hydrogen-bond acceptors (Lipinski definition) is 4. The first kappa shape index (κ1) is 17.0. The second-order valence-electron chi connectivity index (χ2n) is 6.34. The molecule has 3 rings (SSSR count). The molecule has 25 heavy (non-hydrogen) atoms.